The zero-order valence-electron chi connectivity index (χ0n) is 8.19. The first-order valence-electron chi connectivity index (χ1n) is 4.98. The molecule has 2 aromatic rings. The monoisotopic (exact) mass is 204 g/mol. The minimum Gasteiger partial charge on any atom is -0.486 e. The fraction of sp³-hybridized carbons (Fsp3) is 0.273. The second kappa shape index (κ2) is 3.17. The van der Waals surface area contributed by atoms with Crippen molar-refractivity contribution in [2.75, 3.05) is 13.2 Å². The highest BCUT2D eigenvalue weighted by molar-refractivity contribution is 5.88. The lowest BCUT2D eigenvalue weighted by molar-refractivity contribution is 0.0990. The van der Waals surface area contributed by atoms with Gasteiger partial charge in [-0.2, -0.15) is 0 Å². The van der Waals surface area contributed by atoms with Crippen molar-refractivity contribution in [3.63, 3.8) is 0 Å². The van der Waals surface area contributed by atoms with Gasteiger partial charge in [-0.25, -0.2) is 0 Å². The predicted octanol–water partition coefficient (Wildman–Crippen LogP) is 1.27. The van der Waals surface area contributed by atoms with Crippen LogP contribution < -0.4 is 15.2 Å². The van der Waals surface area contributed by atoms with E-state index in [9.17, 15) is 0 Å². The Hall–Kier alpha value is -1.68. The van der Waals surface area contributed by atoms with Crippen molar-refractivity contribution < 1.29 is 9.47 Å². The molecule has 4 heteroatoms. The van der Waals surface area contributed by atoms with Crippen LogP contribution in [0, 0.1) is 0 Å². The molecule has 4 nitrogen and oxygen atoms in total. The van der Waals surface area contributed by atoms with Crippen LogP contribution in [0.4, 0.5) is 0 Å². The number of fused-ring (bicyclic) bond motifs is 3. The third kappa shape index (κ3) is 1.26. The Kier molecular flexibility index (Phi) is 1.82. The van der Waals surface area contributed by atoms with E-state index in [1.165, 1.54) is 0 Å². The molecule has 1 aliphatic heterocycles. The minimum atomic E-state index is -0.0435. The van der Waals surface area contributed by atoms with Crippen LogP contribution in [-0.2, 0) is 0 Å². The molecule has 0 radical (unpaired) electrons. The van der Waals surface area contributed by atoms with E-state index in [1.54, 1.807) is 0 Å². The number of hydrogen-bond acceptors (Lipinski definition) is 3. The van der Waals surface area contributed by atoms with Gasteiger partial charge in [-0.15, -0.1) is 0 Å². The molecule has 1 aliphatic rings. The van der Waals surface area contributed by atoms with E-state index in [0.717, 1.165) is 22.4 Å². The van der Waals surface area contributed by atoms with E-state index in [1.807, 2.05) is 24.4 Å². The Morgan fingerprint density at radius 1 is 1.40 bits per heavy atom. The Morgan fingerprint density at radius 3 is 3.20 bits per heavy atom. The standard InChI is InChI=1S/C11H12N2O2/c12-5-7-6-14-10-2-1-9-8(3-4-13-9)11(10)15-7/h1-4,7,13H,5-6,12H2. The number of benzene rings is 1. The third-order valence-corrected chi connectivity index (χ3v) is 2.62. The average Bonchev–Trinajstić information content (AvgIpc) is 2.76. The number of aromatic nitrogens is 1. The molecule has 1 unspecified atom stereocenters. The van der Waals surface area contributed by atoms with Gasteiger partial charge < -0.3 is 20.2 Å². The summed E-state index contributed by atoms with van der Waals surface area (Å²) in [6.07, 6.45) is 1.85. The molecule has 15 heavy (non-hydrogen) atoms. The highest BCUT2D eigenvalue weighted by Gasteiger charge is 2.21. The smallest absolute Gasteiger partial charge is 0.171 e. The van der Waals surface area contributed by atoms with Crippen molar-refractivity contribution in [2.45, 2.75) is 6.10 Å². The van der Waals surface area contributed by atoms with Crippen LogP contribution in [0.5, 0.6) is 11.5 Å². The van der Waals surface area contributed by atoms with Crippen LogP contribution in [0.15, 0.2) is 24.4 Å². The highest BCUT2D eigenvalue weighted by Crippen LogP contribution is 2.38. The zero-order valence-corrected chi connectivity index (χ0v) is 8.19. The second-order valence-corrected chi connectivity index (χ2v) is 3.62. The molecule has 0 amide bonds. The van der Waals surface area contributed by atoms with Crippen molar-refractivity contribution in [2.24, 2.45) is 5.73 Å². The van der Waals surface area contributed by atoms with E-state index in [2.05, 4.69) is 4.98 Å². The van der Waals surface area contributed by atoms with Crippen LogP contribution in [0.25, 0.3) is 10.9 Å². The van der Waals surface area contributed by atoms with Crippen molar-refractivity contribution in [3.8, 4) is 11.5 Å². The summed E-state index contributed by atoms with van der Waals surface area (Å²) >= 11 is 0. The molecule has 0 spiro atoms. The second-order valence-electron chi connectivity index (χ2n) is 3.62. The summed E-state index contributed by atoms with van der Waals surface area (Å²) in [6.45, 7) is 1.000. The maximum atomic E-state index is 5.78. The van der Waals surface area contributed by atoms with Gasteiger partial charge in [0.05, 0.1) is 0 Å². The summed E-state index contributed by atoms with van der Waals surface area (Å²) in [6, 6.07) is 5.89. The van der Waals surface area contributed by atoms with E-state index in [-0.39, 0.29) is 6.10 Å². The molecule has 1 aromatic heterocycles. The number of rotatable bonds is 1. The molecule has 0 fully saturated rings. The van der Waals surface area contributed by atoms with E-state index < -0.39 is 0 Å². The summed E-state index contributed by atoms with van der Waals surface area (Å²) < 4.78 is 11.4. The average molecular weight is 204 g/mol. The molecule has 3 rings (SSSR count). The van der Waals surface area contributed by atoms with Gasteiger partial charge in [0.1, 0.15) is 12.7 Å². The van der Waals surface area contributed by atoms with Gasteiger partial charge in [0.2, 0.25) is 0 Å². The fourth-order valence-corrected chi connectivity index (χ4v) is 1.82. The molecule has 0 saturated carbocycles. The van der Waals surface area contributed by atoms with Gasteiger partial charge in [-0.3, -0.25) is 0 Å². The molecule has 0 bridgehead atoms. The van der Waals surface area contributed by atoms with Crippen LogP contribution in [0.3, 0.4) is 0 Å². The van der Waals surface area contributed by atoms with Crippen molar-refractivity contribution >= 4 is 10.9 Å². The molecule has 3 N–H and O–H groups in total. The SMILES string of the molecule is NCC1COc2ccc3[nH]ccc3c2O1. The molecule has 2 heterocycles. The number of hydrogen-bond donors (Lipinski definition) is 2. The van der Waals surface area contributed by atoms with Crippen molar-refractivity contribution in [1.82, 2.24) is 4.98 Å². The van der Waals surface area contributed by atoms with Gasteiger partial charge in [0.25, 0.3) is 0 Å². The fourth-order valence-electron chi connectivity index (χ4n) is 1.82. The normalized spacial score (nSPS) is 19.4. The summed E-state index contributed by atoms with van der Waals surface area (Å²) in [5.74, 6) is 1.60. The molecule has 0 aliphatic carbocycles. The number of aromatic amines is 1. The number of ether oxygens (including phenoxy) is 2. The van der Waals surface area contributed by atoms with Crippen molar-refractivity contribution in [1.29, 1.82) is 0 Å². The Labute approximate surface area is 87.0 Å². The molecule has 1 aromatic carbocycles. The summed E-state index contributed by atoms with van der Waals surface area (Å²) in [5.41, 5.74) is 6.62. The van der Waals surface area contributed by atoms with Gasteiger partial charge >= 0.3 is 0 Å². The Balaban J connectivity index is 2.15. The lowest BCUT2D eigenvalue weighted by atomic mass is 10.2. The lowest BCUT2D eigenvalue weighted by Crippen LogP contribution is -2.35. The molecular weight excluding hydrogens is 192 g/mol. The predicted molar refractivity (Wildman–Crippen MR) is 57.3 cm³/mol. The topological polar surface area (TPSA) is 60.3 Å². The van der Waals surface area contributed by atoms with Crippen LogP contribution in [0.2, 0.25) is 0 Å². The third-order valence-electron chi connectivity index (χ3n) is 2.62. The van der Waals surface area contributed by atoms with E-state index >= 15 is 0 Å². The van der Waals surface area contributed by atoms with Gasteiger partial charge in [0.15, 0.2) is 11.5 Å². The number of nitrogens with one attached hydrogen (secondary N) is 1. The zero-order chi connectivity index (χ0) is 10.3. The quantitative estimate of drug-likeness (QED) is 0.735. The minimum absolute atomic E-state index is 0.0435. The Morgan fingerprint density at radius 2 is 2.33 bits per heavy atom. The van der Waals surface area contributed by atoms with E-state index in [0.29, 0.717) is 13.2 Å². The van der Waals surface area contributed by atoms with Crippen LogP contribution in [0.1, 0.15) is 0 Å². The summed E-state index contributed by atoms with van der Waals surface area (Å²) in [7, 11) is 0. The molecule has 78 valence electrons. The molecule has 1 atom stereocenters. The summed E-state index contributed by atoms with van der Waals surface area (Å²) in [4.78, 5) is 3.14. The lowest BCUT2D eigenvalue weighted by Gasteiger charge is -2.25. The summed E-state index contributed by atoms with van der Waals surface area (Å²) in [5, 5.41) is 1.05. The molecular formula is C11H12N2O2. The van der Waals surface area contributed by atoms with E-state index in [4.69, 9.17) is 15.2 Å². The molecule has 0 saturated heterocycles. The first kappa shape index (κ1) is 8.61. The van der Waals surface area contributed by atoms with Crippen LogP contribution >= 0.6 is 0 Å². The number of nitrogens with two attached hydrogens (primary N) is 1. The largest absolute Gasteiger partial charge is 0.486 e. The highest BCUT2D eigenvalue weighted by atomic mass is 16.6. The van der Waals surface area contributed by atoms with Gasteiger partial charge in [0, 0.05) is 23.6 Å². The first-order valence-corrected chi connectivity index (χ1v) is 4.98. The Bertz CT molecular complexity index is 492. The van der Waals surface area contributed by atoms with Gasteiger partial charge in [-0.05, 0) is 18.2 Å². The van der Waals surface area contributed by atoms with Crippen LogP contribution in [-0.4, -0.2) is 24.2 Å². The van der Waals surface area contributed by atoms with Gasteiger partial charge in [-0.1, -0.05) is 0 Å². The first-order chi connectivity index (χ1) is 7.38. The number of H-pyrrole nitrogens is 1. The van der Waals surface area contributed by atoms with Crippen molar-refractivity contribution in [3.05, 3.63) is 24.4 Å². The maximum absolute atomic E-state index is 5.78. The maximum Gasteiger partial charge on any atom is 0.171 e.